The van der Waals surface area contributed by atoms with E-state index >= 15 is 0 Å². The lowest BCUT2D eigenvalue weighted by atomic mass is 9.87. The molecule has 3 rings (SSSR count). The van der Waals surface area contributed by atoms with Crippen molar-refractivity contribution in [3.05, 3.63) is 55.4 Å². The van der Waals surface area contributed by atoms with E-state index in [9.17, 15) is 9.59 Å². The molecular weight excluding hydrogens is 344 g/mol. The van der Waals surface area contributed by atoms with Crippen LogP contribution in [-0.2, 0) is 10.3 Å². The van der Waals surface area contributed by atoms with Crippen LogP contribution in [0.25, 0.3) is 0 Å². The molecule has 1 saturated heterocycles. The van der Waals surface area contributed by atoms with Gasteiger partial charge >= 0.3 is 6.03 Å². The summed E-state index contributed by atoms with van der Waals surface area (Å²) >= 11 is 0. The normalized spacial score (nSPS) is 15.6. The van der Waals surface area contributed by atoms with E-state index in [0.717, 1.165) is 13.1 Å². The van der Waals surface area contributed by atoms with Crippen LogP contribution < -0.4 is 21.3 Å². The van der Waals surface area contributed by atoms with Gasteiger partial charge in [0.15, 0.2) is 0 Å². The maximum absolute atomic E-state index is 13.1. The number of carbonyl (C=O) groups is 2. The zero-order valence-electron chi connectivity index (χ0n) is 15.1. The van der Waals surface area contributed by atoms with Gasteiger partial charge in [-0.25, -0.2) is 4.79 Å². The maximum Gasteiger partial charge on any atom is 0.319 e. The first-order chi connectivity index (χ1) is 13.1. The van der Waals surface area contributed by atoms with Crippen molar-refractivity contribution in [3.8, 4) is 0 Å². The van der Waals surface area contributed by atoms with Gasteiger partial charge in [-0.1, -0.05) is 6.08 Å². The lowest BCUT2D eigenvalue weighted by molar-refractivity contribution is -0.126. The Balaban J connectivity index is 1.67. The Morgan fingerprint density at radius 2 is 1.85 bits per heavy atom. The Hall–Kier alpha value is -3.13. The number of carbonyl (C=O) groups excluding carboxylic acids is 2. The first kappa shape index (κ1) is 18.7. The Morgan fingerprint density at radius 3 is 2.44 bits per heavy atom. The van der Waals surface area contributed by atoms with E-state index in [-0.39, 0.29) is 11.9 Å². The number of nitrogens with one attached hydrogen (secondary N) is 4. The molecule has 27 heavy (non-hydrogen) atoms. The number of benzene rings is 1. The van der Waals surface area contributed by atoms with E-state index in [1.165, 1.54) is 0 Å². The number of urea groups is 1. The molecule has 2 aromatic rings. The molecule has 1 aliphatic heterocycles. The SMILES string of the molecule is C=CCNC(=O)Nc1ccc(NC(=O)C2(n3cccn3)CCNCC2)cc1. The quantitative estimate of drug-likeness (QED) is 0.585. The number of hydrogen-bond acceptors (Lipinski definition) is 4. The highest BCUT2D eigenvalue weighted by atomic mass is 16.2. The molecule has 4 N–H and O–H groups in total. The van der Waals surface area contributed by atoms with Gasteiger partial charge in [0.25, 0.3) is 5.91 Å². The van der Waals surface area contributed by atoms with Gasteiger partial charge in [0.1, 0.15) is 5.54 Å². The van der Waals surface area contributed by atoms with E-state index in [2.05, 4.69) is 32.9 Å². The van der Waals surface area contributed by atoms with E-state index in [0.29, 0.717) is 30.8 Å². The lowest BCUT2D eigenvalue weighted by Crippen LogP contribution is -2.52. The Bertz CT molecular complexity index is 779. The van der Waals surface area contributed by atoms with Crippen LogP contribution in [0, 0.1) is 0 Å². The summed E-state index contributed by atoms with van der Waals surface area (Å²) in [4.78, 5) is 24.7. The molecule has 0 aliphatic carbocycles. The standard InChI is InChI=1S/C19H24N6O2/c1-2-10-21-18(27)24-16-6-4-15(5-7-16)23-17(26)19(8-12-20-13-9-19)25-14-3-11-22-25/h2-7,11,14,20H,1,8-10,12-13H2,(H,23,26)(H2,21,24,27). The van der Waals surface area contributed by atoms with E-state index in [4.69, 9.17) is 0 Å². The van der Waals surface area contributed by atoms with Crippen LogP contribution >= 0.6 is 0 Å². The summed E-state index contributed by atoms with van der Waals surface area (Å²) in [5, 5.41) is 15.9. The third-order valence-electron chi connectivity index (χ3n) is 4.60. The number of nitrogens with zero attached hydrogens (tertiary/aromatic N) is 2. The average Bonchev–Trinajstić information content (AvgIpc) is 3.24. The molecule has 3 amide bonds. The van der Waals surface area contributed by atoms with Gasteiger partial charge in [-0.15, -0.1) is 6.58 Å². The molecule has 0 saturated carbocycles. The minimum Gasteiger partial charge on any atom is -0.334 e. The highest BCUT2D eigenvalue weighted by molar-refractivity contribution is 5.97. The summed E-state index contributed by atoms with van der Waals surface area (Å²) in [6.07, 6.45) is 6.47. The van der Waals surface area contributed by atoms with E-state index in [1.807, 2.05) is 12.3 Å². The molecule has 142 valence electrons. The number of rotatable bonds is 6. The minimum absolute atomic E-state index is 0.0860. The van der Waals surface area contributed by atoms with Crippen LogP contribution in [0.2, 0.25) is 0 Å². The smallest absolute Gasteiger partial charge is 0.319 e. The minimum atomic E-state index is -0.698. The van der Waals surface area contributed by atoms with Crippen molar-refractivity contribution in [2.45, 2.75) is 18.4 Å². The summed E-state index contributed by atoms with van der Waals surface area (Å²) in [6, 6.07) is 8.53. The molecule has 8 nitrogen and oxygen atoms in total. The summed E-state index contributed by atoms with van der Waals surface area (Å²) in [5.41, 5.74) is 0.608. The molecule has 1 aromatic heterocycles. The number of aromatic nitrogens is 2. The summed E-state index contributed by atoms with van der Waals surface area (Å²) < 4.78 is 1.75. The van der Waals surface area contributed by atoms with E-state index < -0.39 is 5.54 Å². The summed E-state index contributed by atoms with van der Waals surface area (Å²) in [6.45, 7) is 5.46. The number of hydrogen-bond donors (Lipinski definition) is 4. The topological polar surface area (TPSA) is 100 Å². The van der Waals surface area contributed by atoms with Crippen molar-refractivity contribution in [1.82, 2.24) is 20.4 Å². The predicted molar refractivity (Wildman–Crippen MR) is 105 cm³/mol. The second-order valence-electron chi connectivity index (χ2n) is 6.39. The second kappa shape index (κ2) is 8.50. The van der Waals surface area contributed by atoms with Gasteiger partial charge in [0.05, 0.1) is 0 Å². The largest absolute Gasteiger partial charge is 0.334 e. The fourth-order valence-electron chi connectivity index (χ4n) is 3.15. The third kappa shape index (κ3) is 4.35. The maximum atomic E-state index is 13.1. The molecule has 0 bridgehead atoms. The molecular formula is C19H24N6O2. The molecule has 0 radical (unpaired) electrons. The van der Waals surface area contributed by atoms with Crippen LogP contribution in [0.1, 0.15) is 12.8 Å². The van der Waals surface area contributed by atoms with Crippen molar-refractivity contribution < 1.29 is 9.59 Å². The molecule has 0 unspecified atom stereocenters. The van der Waals surface area contributed by atoms with E-state index in [1.54, 1.807) is 41.2 Å². The number of anilines is 2. The molecule has 0 atom stereocenters. The van der Waals surface area contributed by atoms with Crippen LogP contribution in [0.5, 0.6) is 0 Å². The van der Waals surface area contributed by atoms with Crippen molar-refractivity contribution in [2.24, 2.45) is 0 Å². The first-order valence-electron chi connectivity index (χ1n) is 8.92. The fourth-order valence-corrected chi connectivity index (χ4v) is 3.15. The second-order valence-corrected chi connectivity index (χ2v) is 6.39. The Morgan fingerprint density at radius 1 is 1.19 bits per heavy atom. The van der Waals surface area contributed by atoms with Gasteiger partial charge in [-0.3, -0.25) is 9.48 Å². The zero-order valence-corrected chi connectivity index (χ0v) is 15.1. The van der Waals surface area contributed by atoms with Crippen LogP contribution in [0.4, 0.5) is 16.2 Å². The van der Waals surface area contributed by atoms with Crippen molar-refractivity contribution in [1.29, 1.82) is 0 Å². The molecule has 2 heterocycles. The summed E-state index contributed by atoms with van der Waals surface area (Å²) in [5.74, 6) is -0.0860. The molecule has 1 aliphatic rings. The van der Waals surface area contributed by atoms with Crippen molar-refractivity contribution in [3.63, 3.8) is 0 Å². The van der Waals surface area contributed by atoms with Gasteiger partial charge in [0.2, 0.25) is 0 Å². The fraction of sp³-hybridized carbons (Fsp3) is 0.316. The first-order valence-corrected chi connectivity index (χ1v) is 8.92. The lowest BCUT2D eigenvalue weighted by Gasteiger charge is -2.36. The van der Waals surface area contributed by atoms with Gasteiger partial charge < -0.3 is 21.3 Å². The number of piperidine rings is 1. The third-order valence-corrected chi connectivity index (χ3v) is 4.60. The van der Waals surface area contributed by atoms with Crippen molar-refractivity contribution >= 4 is 23.3 Å². The van der Waals surface area contributed by atoms with Crippen LogP contribution in [0.3, 0.4) is 0 Å². The Kier molecular flexibility index (Phi) is 5.87. The number of amides is 3. The summed E-state index contributed by atoms with van der Waals surface area (Å²) in [7, 11) is 0. The van der Waals surface area contributed by atoms with Crippen LogP contribution in [-0.4, -0.2) is 41.4 Å². The van der Waals surface area contributed by atoms with Crippen molar-refractivity contribution in [2.75, 3.05) is 30.3 Å². The molecule has 0 spiro atoms. The van der Waals surface area contributed by atoms with Gasteiger partial charge in [-0.2, -0.15) is 5.10 Å². The van der Waals surface area contributed by atoms with Gasteiger partial charge in [0, 0.05) is 30.3 Å². The van der Waals surface area contributed by atoms with Crippen LogP contribution in [0.15, 0.2) is 55.4 Å². The highest BCUT2D eigenvalue weighted by Gasteiger charge is 2.42. The van der Waals surface area contributed by atoms with Gasteiger partial charge in [-0.05, 0) is 56.3 Å². The highest BCUT2D eigenvalue weighted by Crippen LogP contribution is 2.29. The monoisotopic (exact) mass is 368 g/mol. The average molecular weight is 368 g/mol. The molecule has 8 heteroatoms. The predicted octanol–water partition coefficient (Wildman–Crippen LogP) is 1.91. The zero-order chi connectivity index (χ0) is 19.1. The molecule has 1 fully saturated rings. The molecule has 1 aromatic carbocycles. The Labute approximate surface area is 158 Å².